The van der Waals surface area contributed by atoms with Crippen LogP contribution in [0.2, 0.25) is 10.0 Å². The van der Waals surface area contributed by atoms with E-state index in [2.05, 4.69) is 4.98 Å². The van der Waals surface area contributed by atoms with Crippen molar-refractivity contribution in [2.75, 3.05) is 7.11 Å². The quantitative estimate of drug-likeness (QED) is 0.941. The van der Waals surface area contributed by atoms with Crippen LogP contribution >= 0.6 is 23.2 Å². The molecule has 0 fully saturated rings. The molecule has 0 aliphatic rings. The van der Waals surface area contributed by atoms with Crippen molar-refractivity contribution < 1.29 is 4.74 Å². The van der Waals surface area contributed by atoms with E-state index in [0.717, 1.165) is 0 Å². The lowest BCUT2D eigenvalue weighted by molar-refractivity contribution is 0.408. The van der Waals surface area contributed by atoms with Gasteiger partial charge in [-0.3, -0.25) is 14.3 Å². The van der Waals surface area contributed by atoms with Gasteiger partial charge in [-0.2, -0.15) is 0 Å². The summed E-state index contributed by atoms with van der Waals surface area (Å²) in [5.74, 6) is 0.557. The Labute approximate surface area is 118 Å². The van der Waals surface area contributed by atoms with Gasteiger partial charge in [0.05, 0.1) is 13.7 Å². The SMILES string of the molecule is COc1cccc(Cl)c1Cn1cc(Cl)c(=O)[nH]c1=O. The molecule has 5 nitrogen and oxygen atoms in total. The van der Waals surface area contributed by atoms with Crippen LogP contribution in [-0.2, 0) is 6.54 Å². The summed E-state index contributed by atoms with van der Waals surface area (Å²) in [5, 5.41) is 0.402. The van der Waals surface area contributed by atoms with Crippen LogP contribution in [0.4, 0.5) is 0 Å². The number of aromatic nitrogens is 2. The van der Waals surface area contributed by atoms with Crippen molar-refractivity contribution in [1.29, 1.82) is 0 Å². The Kier molecular flexibility index (Phi) is 3.97. The minimum absolute atomic E-state index is 0.0642. The average Bonchev–Trinajstić information content (AvgIpc) is 2.38. The molecule has 1 aromatic carbocycles. The first-order valence-electron chi connectivity index (χ1n) is 5.33. The topological polar surface area (TPSA) is 64.1 Å². The number of benzene rings is 1. The largest absolute Gasteiger partial charge is 0.496 e. The van der Waals surface area contributed by atoms with E-state index in [0.29, 0.717) is 16.3 Å². The number of hydrogen-bond acceptors (Lipinski definition) is 3. The minimum Gasteiger partial charge on any atom is -0.496 e. The van der Waals surface area contributed by atoms with Crippen molar-refractivity contribution in [3.05, 3.63) is 60.8 Å². The molecule has 0 bridgehead atoms. The fourth-order valence-electron chi connectivity index (χ4n) is 1.65. The van der Waals surface area contributed by atoms with E-state index in [1.807, 2.05) is 0 Å². The smallest absolute Gasteiger partial charge is 0.328 e. The van der Waals surface area contributed by atoms with Crippen LogP contribution in [0.3, 0.4) is 0 Å². The highest BCUT2D eigenvalue weighted by atomic mass is 35.5. The molecule has 0 atom stereocenters. The van der Waals surface area contributed by atoms with Gasteiger partial charge in [-0.1, -0.05) is 29.3 Å². The molecule has 0 radical (unpaired) electrons. The molecule has 0 saturated carbocycles. The molecular formula is C12H10Cl2N2O3. The Bertz CT molecular complexity index is 722. The zero-order valence-corrected chi connectivity index (χ0v) is 11.5. The Morgan fingerprint density at radius 1 is 1.26 bits per heavy atom. The molecule has 1 heterocycles. The van der Waals surface area contributed by atoms with Crippen molar-refractivity contribution in [1.82, 2.24) is 9.55 Å². The Hall–Kier alpha value is -1.72. The van der Waals surface area contributed by atoms with Crippen LogP contribution in [0.1, 0.15) is 5.56 Å². The summed E-state index contributed by atoms with van der Waals surface area (Å²) < 4.78 is 6.44. The van der Waals surface area contributed by atoms with E-state index < -0.39 is 11.2 Å². The maximum absolute atomic E-state index is 11.7. The molecule has 0 amide bonds. The first-order valence-corrected chi connectivity index (χ1v) is 6.09. The molecule has 7 heteroatoms. The summed E-state index contributed by atoms with van der Waals surface area (Å²) in [6, 6.07) is 5.17. The Morgan fingerprint density at radius 2 is 2.00 bits per heavy atom. The van der Waals surface area contributed by atoms with Gasteiger partial charge in [0, 0.05) is 16.8 Å². The van der Waals surface area contributed by atoms with E-state index in [1.54, 1.807) is 18.2 Å². The summed E-state index contributed by atoms with van der Waals surface area (Å²) in [6.07, 6.45) is 1.27. The van der Waals surface area contributed by atoms with Gasteiger partial charge in [0.2, 0.25) is 0 Å². The first kappa shape index (κ1) is 13.7. The number of nitrogens with one attached hydrogen (secondary N) is 1. The first-order chi connectivity index (χ1) is 9.02. The molecule has 0 unspecified atom stereocenters. The molecule has 0 aliphatic carbocycles. The summed E-state index contributed by atoms with van der Waals surface area (Å²) in [5.41, 5.74) is -0.540. The summed E-state index contributed by atoms with van der Waals surface area (Å²) >= 11 is 11.8. The lowest BCUT2D eigenvalue weighted by Gasteiger charge is -2.11. The van der Waals surface area contributed by atoms with Gasteiger partial charge >= 0.3 is 5.69 Å². The second-order valence-corrected chi connectivity index (χ2v) is 4.60. The Morgan fingerprint density at radius 3 is 2.68 bits per heavy atom. The number of H-pyrrole nitrogens is 1. The van der Waals surface area contributed by atoms with Crippen LogP contribution in [0.5, 0.6) is 5.75 Å². The minimum atomic E-state index is -0.617. The number of rotatable bonds is 3. The van der Waals surface area contributed by atoms with Crippen LogP contribution in [0.25, 0.3) is 0 Å². The van der Waals surface area contributed by atoms with Gasteiger partial charge < -0.3 is 4.74 Å². The predicted octanol–water partition coefficient (Wildman–Crippen LogP) is 1.90. The molecule has 2 rings (SSSR count). The highest BCUT2D eigenvalue weighted by Crippen LogP contribution is 2.26. The fourth-order valence-corrected chi connectivity index (χ4v) is 2.04. The van der Waals surface area contributed by atoms with Gasteiger partial charge in [0.15, 0.2) is 0 Å². The van der Waals surface area contributed by atoms with Crippen molar-refractivity contribution in [3.63, 3.8) is 0 Å². The van der Waals surface area contributed by atoms with E-state index in [-0.39, 0.29) is 11.6 Å². The second-order valence-electron chi connectivity index (χ2n) is 3.78. The zero-order chi connectivity index (χ0) is 14.0. The van der Waals surface area contributed by atoms with E-state index in [9.17, 15) is 9.59 Å². The molecular weight excluding hydrogens is 291 g/mol. The maximum Gasteiger partial charge on any atom is 0.328 e. The fraction of sp³-hybridized carbons (Fsp3) is 0.167. The normalized spacial score (nSPS) is 10.5. The number of methoxy groups -OCH3 is 1. The summed E-state index contributed by atoms with van der Waals surface area (Å²) in [6.45, 7) is 0.151. The molecule has 0 saturated heterocycles. The zero-order valence-electron chi connectivity index (χ0n) is 9.94. The summed E-state index contributed by atoms with van der Waals surface area (Å²) in [4.78, 5) is 25.0. The maximum atomic E-state index is 11.7. The van der Waals surface area contributed by atoms with Crippen molar-refractivity contribution in [3.8, 4) is 5.75 Å². The predicted molar refractivity (Wildman–Crippen MR) is 73.4 cm³/mol. The number of hydrogen-bond donors (Lipinski definition) is 1. The number of ether oxygens (including phenoxy) is 1. The van der Waals surface area contributed by atoms with Crippen LogP contribution in [-0.4, -0.2) is 16.7 Å². The molecule has 1 N–H and O–H groups in total. The van der Waals surface area contributed by atoms with Gasteiger partial charge in [-0.25, -0.2) is 4.79 Å². The van der Waals surface area contributed by atoms with Crippen molar-refractivity contribution in [2.24, 2.45) is 0 Å². The lowest BCUT2D eigenvalue weighted by atomic mass is 10.2. The van der Waals surface area contributed by atoms with Crippen molar-refractivity contribution >= 4 is 23.2 Å². The molecule has 19 heavy (non-hydrogen) atoms. The van der Waals surface area contributed by atoms with E-state index in [1.165, 1.54) is 17.9 Å². The van der Waals surface area contributed by atoms with Crippen LogP contribution < -0.4 is 16.0 Å². The molecule has 0 spiro atoms. The number of halogens is 2. The van der Waals surface area contributed by atoms with Gasteiger partial charge in [0.25, 0.3) is 5.56 Å². The highest BCUT2D eigenvalue weighted by molar-refractivity contribution is 6.31. The third kappa shape index (κ3) is 2.83. The summed E-state index contributed by atoms with van der Waals surface area (Å²) in [7, 11) is 1.51. The standard InChI is InChI=1S/C12H10Cl2N2O3/c1-19-10-4-2-3-8(13)7(10)5-16-6-9(14)11(17)15-12(16)18/h2-4,6H,5H2,1H3,(H,15,17,18). The highest BCUT2D eigenvalue weighted by Gasteiger charge is 2.10. The average molecular weight is 301 g/mol. The number of nitrogens with zero attached hydrogens (tertiary/aromatic N) is 1. The second kappa shape index (κ2) is 5.50. The molecule has 1 aromatic heterocycles. The Balaban J connectivity index is 2.50. The van der Waals surface area contributed by atoms with Crippen LogP contribution in [0.15, 0.2) is 34.0 Å². The molecule has 0 aliphatic heterocycles. The number of aromatic amines is 1. The monoisotopic (exact) mass is 300 g/mol. The van der Waals surface area contributed by atoms with Gasteiger partial charge in [-0.15, -0.1) is 0 Å². The molecule has 2 aromatic rings. The van der Waals surface area contributed by atoms with E-state index in [4.69, 9.17) is 27.9 Å². The van der Waals surface area contributed by atoms with Gasteiger partial charge in [-0.05, 0) is 12.1 Å². The van der Waals surface area contributed by atoms with Crippen LogP contribution in [0, 0.1) is 0 Å². The van der Waals surface area contributed by atoms with Crippen molar-refractivity contribution in [2.45, 2.75) is 6.54 Å². The molecule has 100 valence electrons. The van der Waals surface area contributed by atoms with E-state index >= 15 is 0 Å². The lowest BCUT2D eigenvalue weighted by Crippen LogP contribution is -2.30. The third-order valence-electron chi connectivity index (χ3n) is 2.59. The van der Waals surface area contributed by atoms with Gasteiger partial charge in [0.1, 0.15) is 10.8 Å². The third-order valence-corrected chi connectivity index (χ3v) is 3.22.